The number of aliphatic hydroxyl groups excluding tert-OH is 1. The zero-order valence-electron chi connectivity index (χ0n) is 14.9. The number of carbonyl (C=O) groups is 2. The van der Waals surface area contributed by atoms with E-state index in [0.29, 0.717) is 25.4 Å². The van der Waals surface area contributed by atoms with Gasteiger partial charge in [-0.05, 0) is 37.0 Å². The van der Waals surface area contributed by atoms with Gasteiger partial charge in [-0.15, -0.1) is 0 Å². The molecule has 0 spiro atoms. The van der Waals surface area contributed by atoms with Gasteiger partial charge in [0.05, 0.1) is 6.04 Å². The van der Waals surface area contributed by atoms with Crippen molar-refractivity contribution in [3.05, 3.63) is 29.8 Å². The van der Waals surface area contributed by atoms with E-state index in [1.807, 2.05) is 36.1 Å². The van der Waals surface area contributed by atoms with E-state index in [0.717, 1.165) is 24.2 Å². The van der Waals surface area contributed by atoms with E-state index in [-0.39, 0.29) is 30.5 Å². The van der Waals surface area contributed by atoms with Gasteiger partial charge in [-0.1, -0.05) is 19.1 Å². The molecule has 0 aliphatic carbocycles. The van der Waals surface area contributed by atoms with Crippen LogP contribution < -0.4 is 10.2 Å². The highest BCUT2D eigenvalue weighted by Crippen LogP contribution is 2.26. The van der Waals surface area contributed by atoms with Gasteiger partial charge in [0.15, 0.2) is 0 Å². The van der Waals surface area contributed by atoms with E-state index in [9.17, 15) is 14.7 Å². The SMILES string of the molecule is CC(NC(=O)N1C[C@@H](CO)[C@H](C)C1)c1cccc(N2CCCC2=O)c1. The topological polar surface area (TPSA) is 72.9 Å². The van der Waals surface area contributed by atoms with Gasteiger partial charge in [0.1, 0.15) is 0 Å². The van der Waals surface area contributed by atoms with Crippen LogP contribution in [0.1, 0.15) is 38.3 Å². The summed E-state index contributed by atoms with van der Waals surface area (Å²) in [6, 6.07) is 7.58. The number of nitrogens with zero attached hydrogens (tertiary/aromatic N) is 2. The van der Waals surface area contributed by atoms with Crippen LogP contribution in [0.4, 0.5) is 10.5 Å². The lowest BCUT2D eigenvalue weighted by molar-refractivity contribution is -0.117. The fraction of sp³-hybridized carbons (Fsp3) is 0.579. The van der Waals surface area contributed by atoms with Gasteiger partial charge in [-0.3, -0.25) is 4.79 Å². The number of nitrogens with one attached hydrogen (secondary N) is 1. The number of benzene rings is 1. The van der Waals surface area contributed by atoms with E-state index in [4.69, 9.17) is 0 Å². The number of rotatable bonds is 4. The molecule has 3 rings (SSSR count). The Labute approximate surface area is 148 Å². The molecule has 2 heterocycles. The first-order chi connectivity index (χ1) is 12.0. The minimum Gasteiger partial charge on any atom is -0.396 e. The highest BCUT2D eigenvalue weighted by Gasteiger charge is 2.32. The molecule has 3 atom stereocenters. The molecule has 6 heteroatoms. The highest BCUT2D eigenvalue weighted by atomic mass is 16.3. The maximum Gasteiger partial charge on any atom is 0.317 e. The summed E-state index contributed by atoms with van der Waals surface area (Å²) in [6.07, 6.45) is 1.50. The first-order valence-corrected chi connectivity index (χ1v) is 9.06. The van der Waals surface area contributed by atoms with Crippen LogP contribution in [0.5, 0.6) is 0 Å². The average molecular weight is 345 g/mol. The minimum absolute atomic E-state index is 0.0991. The van der Waals surface area contributed by atoms with Gasteiger partial charge in [-0.25, -0.2) is 4.79 Å². The van der Waals surface area contributed by atoms with Crippen molar-refractivity contribution < 1.29 is 14.7 Å². The van der Waals surface area contributed by atoms with E-state index in [1.54, 1.807) is 4.90 Å². The van der Waals surface area contributed by atoms with Crippen molar-refractivity contribution >= 4 is 17.6 Å². The third-order valence-electron chi connectivity index (χ3n) is 5.39. The molecule has 3 amide bonds. The van der Waals surface area contributed by atoms with Gasteiger partial charge < -0.3 is 20.2 Å². The largest absolute Gasteiger partial charge is 0.396 e. The Hall–Kier alpha value is -2.08. The van der Waals surface area contributed by atoms with Crippen molar-refractivity contribution in [1.29, 1.82) is 0 Å². The van der Waals surface area contributed by atoms with Gasteiger partial charge >= 0.3 is 6.03 Å². The Morgan fingerprint density at radius 2 is 2.20 bits per heavy atom. The van der Waals surface area contributed by atoms with Crippen molar-refractivity contribution in [2.45, 2.75) is 32.7 Å². The normalized spacial score (nSPS) is 24.7. The summed E-state index contributed by atoms with van der Waals surface area (Å²) in [4.78, 5) is 28.0. The quantitative estimate of drug-likeness (QED) is 0.878. The van der Waals surface area contributed by atoms with Crippen LogP contribution in [0, 0.1) is 11.8 Å². The molecular weight excluding hydrogens is 318 g/mol. The Balaban J connectivity index is 1.64. The predicted molar refractivity (Wildman–Crippen MR) is 96.3 cm³/mol. The molecule has 1 aromatic carbocycles. The second-order valence-corrected chi connectivity index (χ2v) is 7.24. The minimum atomic E-state index is -0.145. The number of amides is 3. The Kier molecular flexibility index (Phi) is 5.27. The lowest BCUT2D eigenvalue weighted by Gasteiger charge is -2.23. The summed E-state index contributed by atoms with van der Waals surface area (Å²) < 4.78 is 0. The number of anilines is 1. The third kappa shape index (κ3) is 3.79. The monoisotopic (exact) mass is 345 g/mol. The molecule has 2 aliphatic rings. The van der Waals surface area contributed by atoms with E-state index in [2.05, 4.69) is 12.2 Å². The lowest BCUT2D eigenvalue weighted by atomic mass is 10.00. The van der Waals surface area contributed by atoms with Crippen LogP contribution >= 0.6 is 0 Å². The van der Waals surface area contributed by atoms with Crippen molar-refractivity contribution in [3.8, 4) is 0 Å². The number of hydrogen-bond donors (Lipinski definition) is 2. The zero-order valence-corrected chi connectivity index (χ0v) is 14.9. The first-order valence-electron chi connectivity index (χ1n) is 9.06. The van der Waals surface area contributed by atoms with Crippen LogP contribution in [0.2, 0.25) is 0 Å². The van der Waals surface area contributed by atoms with Gasteiger partial charge in [0.25, 0.3) is 0 Å². The summed E-state index contributed by atoms with van der Waals surface area (Å²) >= 11 is 0. The predicted octanol–water partition coefficient (Wildman–Crippen LogP) is 2.14. The van der Waals surface area contributed by atoms with Crippen molar-refractivity contribution in [2.75, 3.05) is 31.1 Å². The molecular formula is C19H27N3O3. The maximum atomic E-state index is 12.5. The standard InChI is InChI=1S/C19H27N3O3/c1-13-10-21(11-16(13)12-23)19(25)20-14(2)15-5-3-6-17(9-15)22-8-4-7-18(22)24/h3,5-6,9,13-14,16,23H,4,7-8,10-12H2,1-2H3,(H,20,25)/t13-,14?,16+/m1/s1. The first kappa shape index (κ1) is 17.7. The second-order valence-electron chi connectivity index (χ2n) is 7.24. The van der Waals surface area contributed by atoms with Gasteiger partial charge in [0.2, 0.25) is 5.91 Å². The summed E-state index contributed by atoms with van der Waals surface area (Å²) in [7, 11) is 0. The number of hydrogen-bond acceptors (Lipinski definition) is 3. The Morgan fingerprint density at radius 3 is 2.84 bits per heavy atom. The molecule has 0 saturated carbocycles. The molecule has 2 saturated heterocycles. The van der Waals surface area contributed by atoms with Crippen molar-refractivity contribution in [1.82, 2.24) is 10.2 Å². The maximum absolute atomic E-state index is 12.5. The summed E-state index contributed by atoms with van der Waals surface area (Å²) in [5.41, 5.74) is 1.88. The van der Waals surface area contributed by atoms with Crippen molar-refractivity contribution in [2.24, 2.45) is 11.8 Å². The fourth-order valence-corrected chi connectivity index (χ4v) is 3.68. The Bertz CT molecular complexity index is 649. The molecule has 1 aromatic rings. The van der Waals surface area contributed by atoms with Crippen LogP contribution in [0.15, 0.2) is 24.3 Å². The zero-order chi connectivity index (χ0) is 18.0. The molecule has 25 heavy (non-hydrogen) atoms. The second kappa shape index (κ2) is 7.44. The van der Waals surface area contributed by atoms with Crippen LogP contribution in [0.25, 0.3) is 0 Å². The van der Waals surface area contributed by atoms with Crippen LogP contribution in [0.3, 0.4) is 0 Å². The lowest BCUT2D eigenvalue weighted by Crippen LogP contribution is -2.40. The molecule has 136 valence electrons. The van der Waals surface area contributed by atoms with E-state index < -0.39 is 0 Å². The fourth-order valence-electron chi connectivity index (χ4n) is 3.68. The van der Waals surface area contributed by atoms with Crippen LogP contribution in [-0.4, -0.2) is 48.2 Å². The summed E-state index contributed by atoms with van der Waals surface area (Å²) in [5.74, 6) is 0.635. The van der Waals surface area contributed by atoms with Crippen LogP contribution in [-0.2, 0) is 4.79 Å². The van der Waals surface area contributed by atoms with E-state index in [1.165, 1.54) is 0 Å². The average Bonchev–Trinajstić information content (AvgIpc) is 3.20. The van der Waals surface area contributed by atoms with Crippen molar-refractivity contribution in [3.63, 3.8) is 0 Å². The molecule has 0 aromatic heterocycles. The summed E-state index contributed by atoms with van der Waals surface area (Å²) in [6.45, 7) is 6.16. The smallest absolute Gasteiger partial charge is 0.317 e. The molecule has 1 unspecified atom stereocenters. The van der Waals surface area contributed by atoms with Gasteiger partial charge in [-0.2, -0.15) is 0 Å². The number of likely N-dealkylation sites (tertiary alicyclic amines) is 1. The molecule has 2 fully saturated rings. The van der Waals surface area contributed by atoms with E-state index >= 15 is 0 Å². The highest BCUT2D eigenvalue weighted by molar-refractivity contribution is 5.95. The molecule has 6 nitrogen and oxygen atoms in total. The Morgan fingerprint density at radius 1 is 1.40 bits per heavy atom. The number of urea groups is 1. The third-order valence-corrected chi connectivity index (χ3v) is 5.39. The molecule has 0 radical (unpaired) electrons. The number of carbonyl (C=O) groups excluding carboxylic acids is 2. The summed E-state index contributed by atoms with van der Waals surface area (Å²) in [5, 5.41) is 12.4. The molecule has 2 N–H and O–H groups in total. The molecule has 2 aliphatic heterocycles. The van der Waals surface area contributed by atoms with Gasteiger partial charge in [0, 0.05) is 44.3 Å². The molecule has 0 bridgehead atoms. The number of aliphatic hydroxyl groups is 1.